The van der Waals surface area contributed by atoms with Gasteiger partial charge < -0.3 is 8.98 Å². The predicted octanol–water partition coefficient (Wildman–Crippen LogP) is 12.2. The molecule has 11 rings (SSSR count). The second kappa shape index (κ2) is 10.9. The van der Waals surface area contributed by atoms with Crippen molar-refractivity contribution in [3.63, 3.8) is 0 Å². The largest absolute Gasteiger partial charge is 0.456 e. The molecule has 0 atom stereocenters. The Balaban J connectivity index is 1.16. The summed E-state index contributed by atoms with van der Waals surface area (Å²) in [5, 5.41) is 6.98. The van der Waals surface area contributed by atoms with Gasteiger partial charge in [-0.3, -0.25) is 0 Å². The minimum absolute atomic E-state index is 0.613. The van der Waals surface area contributed by atoms with Crippen LogP contribution < -0.4 is 0 Å². The van der Waals surface area contributed by atoms with Gasteiger partial charge in [-0.15, -0.1) is 11.3 Å². The summed E-state index contributed by atoms with van der Waals surface area (Å²) < 4.78 is 11.4. The monoisotopic (exact) mass is 670 g/mol. The van der Waals surface area contributed by atoms with Crippen LogP contribution in [0.3, 0.4) is 0 Å². The number of rotatable bonds is 4. The molecule has 11 aromatic rings. The highest BCUT2D eigenvalue weighted by molar-refractivity contribution is 7.25. The average Bonchev–Trinajstić information content (AvgIpc) is 3.87. The summed E-state index contributed by atoms with van der Waals surface area (Å²) >= 11 is 1.79. The summed E-state index contributed by atoms with van der Waals surface area (Å²) in [4.78, 5) is 15.2. The van der Waals surface area contributed by atoms with Crippen LogP contribution in [0.1, 0.15) is 0 Å². The Kier molecular flexibility index (Phi) is 6.05. The molecule has 0 saturated heterocycles. The van der Waals surface area contributed by atoms with Crippen molar-refractivity contribution >= 4 is 75.3 Å². The number of fused-ring (bicyclic) bond motifs is 10. The molecule has 0 aliphatic heterocycles. The van der Waals surface area contributed by atoms with Crippen LogP contribution >= 0.6 is 11.3 Å². The van der Waals surface area contributed by atoms with Gasteiger partial charge in [-0.05, 0) is 60.7 Å². The van der Waals surface area contributed by atoms with E-state index in [-0.39, 0.29) is 0 Å². The molecule has 238 valence electrons. The molecule has 0 spiro atoms. The van der Waals surface area contributed by atoms with E-state index in [9.17, 15) is 0 Å². The van der Waals surface area contributed by atoms with Gasteiger partial charge in [-0.1, -0.05) is 97.1 Å². The third-order valence-corrected chi connectivity index (χ3v) is 11.0. The van der Waals surface area contributed by atoms with Crippen molar-refractivity contribution in [2.75, 3.05) is 0 Å². The molecule has 0 bridgehead atoms. The summed E-state index contributed by atoms with van der Waals surface area (Å²) in [5.74, 6) is 1.89. The summed E-state index contributed by atoms with van der Waals surface area (Å²) in [7, 11) is 0. The Morgan fingerprint density at radius 2 is 1.04 bits per heavy atom. The van der Waals surface area contributed by atoms with E-state index in [1.54, 1.807) is 11.3 Å². The van der Waals surface area contributed by atoms with Crippen molar-refractivity contribution in [2.45, 2.75) is 0 Å². The SMILES string of the molecule is c1ccc(-c2nc(-c3ccc4c(c3)sc3ccccc34)nc(-c3ccc4oc5ccc6c7ccccc7n(-c7ccccc7)c6c5c4c3)n2)cc1. The fourth-order valence-electron chi connectivity index (χ4n) is 7.52. The van der Waals surface area contributed by atoms with E-state index < -0.39 is 0 Å². The first kappa shape index (κ1) is 28.2. The van der Waals surface area contributed by atoms with Gasteiger partial charge in [-0.25, -0.2) is 15.0 Å². The third kappa shape index (κ3) is 4.37. The second-order valence-electron chi connectivity index (χ2n) is 12.8. The average molecular weight is 671 g/mol. The number of aromatic nitrogens is 4. The molecular formula is C45H26N4OS. The Labute approximate surface area is 295 Å². The Bertz CT molecular complexity index is 3140. The Morgan fingerprint density at radius 1 is 0.431 bits per heavy atom. The summed E-state index contributed by atoms with van der Waals surface area (Å²) in [6.07, 6.45) is 0. The molecule has 0 aliphatic carbocycles. The molecule has 0 N–H and O–H groups in total. The molecule has 5 nitrogen and oxygen atoms in total. The maximum atomic E-state index is 6.52. The van der Waals surface area contributed by atoms with Crippen molar-refractivity contribution in [3.05, 3.63) is 158 Å². The van der Waals surface area contributed by atoms with Crippen LogP contribution in [0.15, 0.2) is 162 Å². The summed E-state index contributed by atoms with van der Waals surface area (Å²) in [6, 6.07) is 54.9. The molecule has 0 fully saturated rings. The van der Waals surface area contributed by atoms with E-state index in [0.717, 1.165) is 55.3 Å². The number of benzene rings is 7. The number of nitrogens with zero attached hydrogens (tertiary/aromatic N) is 4. The highest BCUT2D eigenvalue weighted by atomic mass is 32.1. The lowest BCUT2D eigenvalue weighted by molar-refractivity contribution is 0.669. The number of hydrogen-bond donors (Lipinski definition) is 0. The van der Waals surface area contributed by atoms with E-state index in [0.29, 0.717) is 17.5 Å². The van der Waals surface area contributed by atoms with E-state index >= 15 is 0 Å². The van der Waals surface area contributed by atoms with Crippen LogP contribution in [0.25, 0.3) is 104 Å². The van der Waals surface area contributed by atoms with Crippen LogP contribution in [-0.2, 0) is 0 Å². The van der Waals surface area contributed by atoms with Crippen LogP contribution in [0, 0.1) is 0 Å². The number of furan rings is 1. The van der Waals surface area contributed by atoms with Crippen molar-refractivity contribution in [2.24, 2.45) is 0 Å². The van der Waals surface area contributed by atoms with Gasteiger partial charge >= 0.3 is 0 Å². The van der Waals surface area contributed by atoms with Gasteiger partial charge in [0.2, 0.25) is 0 Å². The van der Waals surface area contributed by atoms with E-state index in [2.05, 4.69) is 126 Å². The zero-order valence-electron chi connectivity index (χ0n) is 27.1. The van der Waals surface area contributed by atoms with Gasteiger partial charge in [-0.2, -0.15) is 0 Å². The van der Waals surface area contributed by atoms with Gasteiger partial charge in [0.15, 0.2) is 17.5 Å². The van der Waals surface area contributed by atoms with Gasteiger partial charge in [0.25, 0.3) is 0 Å². The van der Waals surface area contributed by atoms with Crippen LogP contribution in [-0.4, -0.2) is 19.5 Å². The maximum absolute atomic E-state index is 6.52. The highest BCUT2D eigenvalue weighted by Crippen LogP contribution is 2.42. The lowest BCUT2D eigenvalue weighted by atomic mass is 10.1. The van der Waals surface area contributed by atoms with E-state index in [4.69, 9.17) is 19.4 Å². The maximum Gasteiger partial charge on any atom is 0.164 e. The zero-order chi connectivity index (χ0) is 33.5. The minimum Gasteiger partial charge on any atom is -0.456 e. The second-order valence-corrected chi connectivity index (χ2v) is 13.9. The number of thiophene rings is 1. The molecule has 0 amide bonds. The first-order chi connectivity index (χ1) is 25.3. The van der Waals surface area contributed by atoms with Gasteiger partial charge in [0.1, 0.15) is 11.2 Å². The molecule has 7 aromatic carbocycles. The fourth-order valence-corrected chi connectivity index (χ4v) is 8.66. The lowest BCUT2D eigenvalue weighted by Gasteiger charge is -2.09. The normalized spacial score (nSPS) is 11.9. The molecule has 0 radical (unpaired) electrons. The molecule has 6 heteroatoms. The van der Waals surface area contributed by atoms with E-state index in [1.807, 2.05) is 36.4 Å². The molecular weight excluding hydrogens is 645 g/mol. The molecule has 0 aliphatic rings. The van der Waals surface area contributed by atoms with Crippen molar-refractivity contribution < 1.29 is 4.42 Å². The summed E-state index contributed by atoms with van der Waals surface area (Å²) in [6.45, 7) is 0. The van der Waals surface area contributed by atoms with Crippen molar-refractivity contribution in [1.29, 1.82) is 0 Å². The van der Waals surface area contributed by atoms with Gasteiger partial charge in [0, 0.05) is 58.7 Å². The Morgan fingerprint density at radius 3 is 1.86 bits per heavy atom. The van der Waals surface area contributed by atoms with E-state index in [1.165, 1.54) is 30.9 Å². The molecule has 0 unspecified atom stereocenters. The lowest BCUT2D eigenvalue weighted by Crippen LogP contribution is -2.00. The number of hydrogen-bond acceptors (Lipinski definition) is 5. The summed E-state index contributed by atoms with van der Waals surface area (Å²) in [5.41, 5.74) is 7.83. The molecule has 51 heavy (non-hydrogen) atoms. The quantitative estimate of drug-likeness (QED) is 0.187. The molecule has 0 saturated carbocycles. The van der Waals surface area contributed by atoms with Gasteiger partial charge in [0.05, 0.1) is 16.4 Å². The first-order valence-corrected chi connectivity index (χ1v) is 17.8. The minimum atomic E-state index is 0.613. The topological polar surface area (TPSA) is 56.7 Å². The standard InChI is InChI=1S/C45H26N4OS/c1-3-11-27(12-4-1)43-46-44(48-45(47-43)29-19-21-33-32-16-8-10-18-39(32)51-40(33)26-29)28-20-23-37-35(25-28)41-38(50-37)24-22-34-31-15-7-9-17-36(31)49(42(34)41)30-13-5-2-6-14-30/h1-26H. The van der Waals surface area contributed by atoms with Crippen LogP contribution in [0.2, 0.25) is 0 Å². The smallest absolute Gasteiger partial charge is 0.164 e. The zero-order valence-corrected chi connectivity index (χ0v) is 27.9. The first-order valence-electron chi connectivity index (χ1n) is 16.9. The molecule has 4 aromatic heterocycles. The van der Waals surface area contributed by atoms with Crippen LogP contribution in [0.4, 0.5) is 0 Å². The fraction of sp³-hybridized carbons (Fsp3) is 0. The highest BCUT2D eigenvalue weighted by Gasteiger charge is 2.20. The van der Waals surface area contributed by atoms with Crippen molar-refractivity contribution in [3.8, 4) is 39.9 Å². The Hall–Kier alpha value is -6.63. The van der Waals surface area contributed by atoms with Crippen molar-refractivity contribution in [1.82, 2.24) is 19.5 Å². The number of para-hydroxylation sites is 2. The predicted molar refractivity (Wildman–Crippen MR) is 211 cm³/mol. The van der Waals surface area contributed by atoms with Crippen LogP contribution in [0.5, 0.6) is 0 Å². The third-order valence-electron chi connectivity index (χ3n) is 9.84. The molecule has 4 heterocycles.